The van der Waals surface area contributed by atoms with Gasteiger partial charge in [0.1, 0.15) is 16.3 Å². The molecule has 3 atom stereocenters. The van der Waals surface area contributed by atoms with Gasteiger partial charge in [0, 0.05) is 30.1 Å². The summed E-state index contributed by atoms with van der Waals surface area (Å²) in [5, 5.41) is 15.4. The van der Waals surface area contributed by atoms with E-state index in [-0.39, 0.29) is 23.9 Å². The number of aryl methyl sites for hydroxylation is 1. The summed E-state index contributed by atoms with van der Waals surface area (Å²) in [6, 6.07) is 7.35. The Morgan fingerprint density at radius 3 is 2.94 bits per heavy atom. The van der Waals surface area contributed by atoms with Crippen molar-refractivity contribution < 1.29 is 14.3 Å². The molecule has 1 aromatic carbocycles. The molecule has 2 aromatic rings. The number of carbonyl (C=O) groups is 2. The van der Waals surface area contributed by atoms with E-state index in [1.54, 1.807) is 12.6 Å². The lowest BCUT2D eigenvalue weighted by molar-refractivity contribution is -0.137. The highest BCUT2D eigenvalue weighted by molar-refractivity contribution is 7.09. The number of nitrogens with one attached hydrogen (secondary N) is 2. The number of methoxy groups -OCH3 is 1. The highest BCUT2D eigenvalue weighted by atomic mass is 32.1. The number of carbonyl (C=O) groups excluding carboxylic acids is 2. The normalized spacial score (nSPS) is 24.8. The second kappa shape index (κ2) is 8.90. The average molecular weight is 454 g/mol. The molecule has 3 heterocycles. The van der Waals surface area contributed by atoms with Gasteiger partial charge in [-0.2, -0.15) is 0 Å². The van der Waals surface area contributed by atoms with Crippen LogP contribution in [0.4, 0.5) is 0 Å². The lowest BCUT2D eigenvalue weighted by atomic mass is 9.87. The van der Waals surface area contributed by atoms with Gasteiger partial charge in [0.15, 0.2) is 0 Å². The van der Waals surface area contributed by atoms with Crippen molar-refractivity contribution >= 4 is 23.2 Å². The summed E-state index contributed by atoms with van der Waals surface area (Å²) in [6.45, 7) is 0.468. The Morgan fingerprint density at radius 2 is 2.12 bits per heavy atom. The first-order valence-corrected chi connectivity index (χ1v) is 12.0. The van der Waals surface area contributed by atoms with Crippen molar-refractivity contribution in [1.82, 2.24) is 25.7 Å². The third kappa shape index (κ3) is 3.74. The van der Waals surface area contributed by atoms with Gasteiger partial charge >= 0.3 is 0 Å². The number of rotatable bonds is 5. The lowest BCUT2D eigenvalue weighted by Gasteiger charge is -2.43. The van der Waals surface area contributed by atoms with Crippen molar-refractivity contribution in [1.29, 1.82) is 0 Å². The van der Waals surface area contributed by atoms with Crippen molar-refractivity contribution in [2.75, 3.05) is 13.7 Å². The second-order valence-corrected chi connectivity index (χ2v) is 9.37. The van der Waals surface area contributed by atoms with Crippen LogP contribution in [0.5, 0.6) is 5.75 Å². The highest BCUT2D eigenvalue weighted by Crippen LogP contribution is 2.43. The molecule has 2 aliphatic heterocycles. The molecule has 1 fully saturated rings. The number of nitrogens with zero attached hydrogens (tertiary/aromatic N) is 3. The first-order valence-electron chi connectivity index (χ1n) is 11.1. The summed E-state index contributed by atoms with van der Waals surface area (Å²) in [5.41, 5.74) is 4.07. The smallest absolute Gasteiger partial charge is 0.251 e. The minimum absolute atomic E-state index is 0.0129. The van der Waals surface area contributed by atoms with Crippen LogP contribution in [0.1, 0.15) is 48.7 Å². The predicted octanol–water partition coefficient (Wildman–Crippen LogP) is 2.35. The van der Waals surface area contributed by atoms with Gasteiger partial charge in [-0.15, -0.1) is 21.5 Å². The Kier molecular flexibility index (Phi) is 5.82. The monoisotopic (exact) mass is 453 g/mol. The number of para-hydroxylation sites is 1. The fourth-order valence-corrected chi connectivity index (χ4v) is 5.79. The fraction of sp³-hybridized carbons (Fsp3) is 0.478. The van der Waals surface area contributed by atoms with E-state index in [4.69, 9.17) is 4.74 Å². The standard InChI is InChI=1S/C23H27N5O3S/c1-31-18-9-5-2-6-14(18)22-21-16(12-24-23(21)30)26-15-7-3-4-8-17(15)28(22)20(29)11-10-19-27-25-13-32-19/h2,5-6,9,13,15,17,22,26H,3-4,7-8,10-12H2,1H3,(H,24,30)/t15-,17-,22-/m1/s1. The molecule has 1 aromatic heterocycles. The predicted molar refractivity (Wildman–Crippen MR) is 120 cm³/mol. The second-order valence-electron chi connectivity index (χ2n) is 8.46. The number of hydrogen-bond acceptors (Lipinski definition) is 7. The molecule has 0 radical (unpaired) electrons. The maximum atomic E-state index is 13.8. The number of benzene rings is 1. The molecule has 32 heavy (non-hydrogen) atoms. The minimum atomic E-state index is -0.494. The van der Waals surface area contributed by atoms with Crippen LogP contribution in [0.15, 0.2) is 41.0 Å². The SMILES string of the molecule is COc1ccccc1[C@@H]1C2=C(CNC2=O)N[C@@H]2CCCC[C@H]2N1C(=O)CCc1nncs1. The van der Waals surface area contributed by atoms with Gasteiger partial charge in [0.25, 0.3) is 5.91 Å². The van der Waals surface area contributed by atoms with Crippen molar-refractivity contribution in [3.63, 3.8) is 0 Å². The quantitative estimate of drug-likeness (QED) is 0.722. The third-order valence-electron chi connectivity index (χ3n) is 6.67. The van der Waals surface area contributed by atoms with Crippen LogP contribution in [0.3, 0.4) is 0 Å². The van der Waals surface area contributed by atoms with E-state index >= 15 is 0 Å². The van der Waals surface area contributed by atoms with Gasteiger partial charge in [-0.1, -0.05) is 31.0 Å². The summed E-state index contributed by atoms with van der Waals surface area (Å²) in [7, 11) is 1.63. The fourth-order valence-electron chi connectivity index (χ4n) is 5.26. The minimum Gasteiger partial charge on any atom is -0.496 e. The van der Waals surface area contributed by atoms with Crippen molar-refractivity contribution in [2.45, 2.75) is 56.7 Å². The van der Waals surface area contributed by atoms with E-state index < -0.39 is 6.04 Å². The zero-order chi connectivity index (χ0) is 22.1. The van der Waals surface area contributed by atoms with Gasteiger partial charge in [-0.3, -0.25) is 9.59 Å². The summed E-state index contributed by atoms with van der Waals surface area (Å²) in [5.74, 6) is 0.590. The number of ether oxygens (including phenoxy) is 1. The molecule has 2 amide bonds. The van der Waals surface area contributed by atoms with E-state index in [0.29, 0.717) is 30.7 Å². The third-order valence-corrected chi connectivity index (χ3v) is 7.43. The number of amides is 2. The largest absolute Gasteiger partial charge is 0.496 e. The first kappa shape index (κ1) is 20.9. The molecule has 1 aliphatic carbocycles. The van der Waals surface area contributed by atoms with E-state index in [1.165, 1.54) is 11.3 Å². The zero-order valence-corrected chi connectivity index (χ0v) is 18.9. The van der Waals surface area contributed by atoms with Crippen LogP contribution >= 0.6 is 11.3 Å². The molecular weight excluding hydrogens is 426 g/mol. The molecule has 0 bridgehead atoms. The molecule has 8 nitrogen and oxygen atoms in total. The van der Waals surface area contributed by atoms with Crippen LogP contribution < -0.4 is 15.4 Å². The Hall–Kier alpha value is -2.94. The molecule has 9 heteroatoms. The number of hydrogen-bond donors (Lipinski definition) is 2. The van der Waals surface area contributed by atoms with E-state index in [9.17, 15) is 9.59 Å². The topological polar surface area (TPSA) is 96.5 Å². The molecule has 1 saturated carbocycles. The molecular formula is C23H27N5O3S. The van der Waals surface area contributed by atoms with Crippen LogP contribution in [0.25, 0.3) is 0 Å². The summed E-state index contributed by atoms with van der Waals surface area (Å²) in [6.07, 6.45) is 4.95. The Bertz CT molecular complexity index is 1040. The molecule has 168 valence electrons. The van der Waals surface area contributed by atoms with Crippen molar-refractivity contribution in [2.24, 2.45) is 0 Å². The van der Waals surface area contributed by atoms with Crippen LogP contribution in [-0.2, 0) is 16.0 Å². The number of fused-ring (bicyclic) bond motifs is 1. The van der Waals surface area contributed by atoms with E-state index in [1.807, 2.05) is 29.2 Å². The Labute approximate surface area is 191 Å². The van der Waals surface area contributed by atoms with Crippen LogP contribution in [0, 0.1) is 0 Å². The summed E-state index contributed by atoms with van der Waals surface area (Å²) in [4.78, 5) is 28.9. The average Bonchev–Trinajstić information content (AvgIpc) is 3.43. The van der Waals surface area contributed by atoms with Crippen molar-refractivity contribution in [3.8, 4) is 5.75 Å². The summed E-state index contributed by atoms with van der Waals surface area (Å²) < 4.78 is 5.68. The van der Waals surface area contributed by atoms with Crippen molar-refractivity contribution in [3.05, 3.63) is 51.6 Å². The van der Waals surface area contributed by atoms with Crippen LogP contribution in [-0.4, -0.2) is 52.6 Å². The van der Waals surface area contributed by atoms with E-state index in [0.717, 1.165) is 42.0 Å². The van der Waals surface area contributed by atoms with Gasteiger partial charge in [0.2, 0.25) is 5.91 Å². The maximum Gasteiger partial charge on any atom is 0.251 e. The molecule has 0 spiro atoms. The lowest BCUT2D eigenvalue weighted by Crippen LogP contribution is -2.53. The molecule has 5 rings (SSSR count). The highest BCUT2D eigenvalue weighted by Gasteiger charge is 2.46. The van der Waals surface area contributed by atoms with Crippen LogP contribution in [0.2, 0.25) is 0 Å². The van der Waals surface area contributed by atoms with Gasteiger partial charge < -0.3 is 20.3 Å². The molecule has 0 unspecified atom stereocenters. The molecule has 2 N–H and O–H groups in total. The summed E-state index contributed by atoms with van der Waals surface area (Å²) >= 11 is 1.46. The first-order chi connectivity index (χ1) is 15.7. The maximum absolute atomic E-state index is 13.8. The van der Waals surface area contributed by atoms with Gasteiger partial charge in [-0.05, 0) is 18.9 Å². The Morgan fingerprint density at radius 1 is 1.28 bits per heavy atom. The molecule has 0 saturated heterocycles. The molecule has 3 aliphatic rings. The van der Waals surface area contributed by atoms with E-state index in [2.05, 4.69) is 20.8 Å². The van der Waals surface area contributed by atoms with Gasteiger partial charge in [-0.25, -0.2) is 0 Å². The number of aromatic nitrogens is 2. The van der Waals surface area contributed by atoms with Gasteiger partial charge in [0.05, 0.1) is 31.3 Å². The Balaban J connectivity index is 1.60. The zero-order valence-electron chi connectivity index (χ0n) is 18.0.